The number of carbonyl (C=O) groups is 1. The first-order valence-electron chi connectivity index (χ1n) is 7.47. The molecule has 1 aliphatic rings. The van der Waals surface area contributed by atoms with Crippen LogP contribution in [0, 0.1) is 5.92 Å². The van der Waals surface area contributed by atoms with Crippen molar-refractivity contribution in [2.45, 2.75) is 26.7 Å². The summed E-state index contributed by atoms with van der Waals surface area (Å²) in [6.45, 7) is 6.48. The smallest absolute Gasteiger partial charge is 0.170 e. The molecule has 1 aliphatic carbocycles. The summed E-state index contributed by atoms with van der Waals surface area (Å²) in [6.07, 6.45) is 0. The summed E-state index contributed by atoms with van der Waals surface area (Å²) in [5.74, 6) is 0.391. The van der Waals surface area contributed by atoms with Gasteiger partial charge in [0, 0.05) is 5.56 Å². The largest absolute Gasteiger partial charge is 0.293 e. The van der Waals surface area contributed by atoms with Gasteiger partial charge in [-0.3, -0.25) is 4.79 Å². The van der Waals surface area contributed by atoms with Crippen molar-refractivity contribution in [2.75, 3.05) is 0 Å². The molecule has 0 N–H and O–H groups in total. The second-order valence-electron chi connectivity index (χ2n) is 5.89. The Morgan fingerprint density at radius 2 is 1.52 bits per heavy atom. The van der Waals surface area contributed by atoms with E-state index in [1.165, 1.54) is 22.3 Å². The molecule has 3 rings (SSSR count). The summed E-state index contributed by atoms with van der Waals surface area (Å²) in [4.78, 5) is 13.0. The molecule has 0 spiro atoms. The van der Waals surface area contributed by atoms with E-state index in [1.54, 1.807) is 0 Å². The lowest BCUT2D eigenvalue weighted by Crippen LogP contribution is -2.25. The zero-order valence-electron chi connectivity index (χ0n) is 12.8. The zero-order valence-corrected chi connectivity index (χ0v) is 12.8. The van der Waals surface area contributed by atoms with Gasteiger partial charge in [0.2, 0.25) is 0 Å². The molecule has 1 nitrogen and oxygen atoms in total. The molecule has 21 heavy (non-hydrogen) atoms. The fourth-order valence-electron chi connectivity index (χ4n) is 3.33. The quantitative estimate of drug-likeness (QED) is 0.698. The number of ketones is 1. The number of Topliss-reactive ketones (excluding diaryl/α,β-unsaturated/α-hetero) is 1. The molecule has 2 atom stereocenters. The van der Waals surface area contributed by atoms with E-state index in [4.69, 9.17) is 0 Å². The molecule has 0 radical (unpaired) electrons. The molecular formula is C20H20O. The zero-order chi connectivity index (χ0) is 15.0. The summed E-state index contributed by atoms with van der Waals surface area (Å²) in [7, 11) is 0. The highest BCUT2D eigenvalue weighted by Gasteiger charge is 2.34. The number of hydrogen-bond acceptors (Lipinski definition) is 1. The van der Waals surface area contributed by atoms with Crippen LogP contribution in [0.15, 0.2) is 60.2 Å². The van der Waals surface area contributed by atoms with Gasteiger partial charge in [-0.15, -0.1) is 0 Å². The number of carbonyl (C=O) groups excluding carboxylic acids is 1. The summed E-state index contributed by atoms with van der Waals surface area (Å²) in [6, 6.07) is 18.0. The molecule has 2 aromatic rings. The normalized spacial score (nSPS) is 21.1. The molecule has 0 heterocycles. The topological polar surface area (TPSA) is 17.1 Å². The predicted molar refractivity (Wildman–Crippen MR) is 87.4 cm³/mol. The summed E-state index contributed by atoms with van der Waals surface area (Å²) in [5.41, 5.74) is 5.83. The standard InChI is InChI=1S/C20H20O/c1-13-14(2)17-11-7-8-12-18(17)19(15(13)3)20(21)16-9-5-4-6-10-16/h4-12,15,19H,1-3H3. The van der Waals surface area contributed by atoms with Crippen molar-refractivity contribution in [3.05, 3.63) is 76.9 Å². The van der Waals surface area contributed by atoms with Gasteiger partial charge in [-0.1, -0.05) is 67.1 Å². The number of fused-ring (bicyclic) bond motifs is 1. The SMILES string of the molecule is CC1=C(C)C(C)C(C(=O)c2ccccc2)c2ccccc21. The highest BCUT2D eigenvalue weighted by Crippen LogP contribution is 2.43. The van der Waals surface area contributed by atoms with E-state index in [1.807, 2.05) is 36.4 Å². The molecule has 0 aromatic heterocycles. The average molecular weight is 276 g/mol. The second-order valence-corrected chi connectivity index (χ2v) is 5.89. The summed E-state index contributed by atoms with van der Waals surface area (Å²) < 4.78 is 0. The molecular weight excluding hydrogens is 256 g/mol. The van der Waals surface area contributed by atoms with Gasteiger partial charge >= 0.3 is 0 Å². The van der Waals surface area contributed by atoms with Crippen LogP contribution in [0.4, 0.5) is 0 Å². The van der Waals surface area contributed by atoms with Crippen LogP contribution in [0.25, 0.3) is 5.57 Å². The lowest BCUT2D eigenvalue weighted by molar-refractivity contribution is 0.0940. The van der Waals surface area contributed by atoms with E-state index < -0.39 is 0 Å². The van der Waals surface area contributed by atoms with Gasteiger partial charge in [-0.25, -0.2) is 0 Å². The third-order valence-electron chi connectivity index (χ3n) is 4.82. The predicted octanol–water partition coefficient (Wildman–Crippen LogP) is 5.10. The first-order chi connectivity index (χ1) is 10.1. The minimum absolute atomic E-state index is 0.0766. The molecule has 0 bridgehead atoms. The van der Waals surface area contributed by atoms with Crippen LogP contribution < -0.4 is 0 Å². The lowest BCUT2D eigenvalue weighted by atomic mass is 9.70. The van der Waals surface area contributed by atoms with Crippen LogP contribution in [-0.4, -0.2) is 5.78 Å². The minimum atomic E-state index is -0.0766. The first kappa shape index (κ1) is 13.8. The molecule has 0 amide bonds. The fraction of sp³-hybridized carbons (Fsp3) is 0.250. The molecule has 0 saturated heterocycles. The van der Waals surface area contributed by atoms with E-state index in [0.29, 0.717) is 0 Å². The van der Waals surface area contributed by atoms with Gasteiger partial charge in [0.05, 0.1) is 5.92 Å². The Balaban J connectivity index is 2.13. The van der Waals surface area contributed by atoms with E-state index >= 15 is 0 Å². The van der Waals surface area contributed by atoms with Crippen LogP contribution in [-0.2, 0) is 0 Å². The summed E-state index contributed by atoms with van der Waals surface area (Å²) >= 11 is 0. The van der Waals surface area contributed by atoms with Crippen molar-refractivity contribution in [3.8, 4) is 0 Å². The molecule has 2 unspecified atom stereocenters. The molecule has 2 aromatic carbocycles. The van der Waals surface area contributed by atoms with Gasteiger partial charge < -0.3 is 0 Å². The fourth-order valence-corrected chi connectivity index (χ4v) is 3.33. The van der Waals surface area contributed by atoms with Gasteiger partial charge in [0.1, 0.15) is 0 Å². The number of allylic oxidation sites excluding steroid dienone is 2. The Hall–Kier alpha value is -2.15. The Morgan fingerprint density at radius 1 is 0.905 bits per heavy atom. The number of benzene rings is 2. The van der Waals surface area contributed by atoms with Crippen molar-refractivity contribution in [2.24, 2.45) is 5.92 Å². The maximum Gasteiger partial charge on any atom is 0.170 e. The van der Waals surface area contributed by atoms with Crippen LogP contribution in [0.1, 0.15) is 48.2 Å². The van der Waals surface area contributed by atoms with Crippen molar-refractivity contribution >= 4 is 11.4 Å². The minimum Gasteiger partial charge on any atom is -0.293 e. The number of hydrogen-bond donors (Lipinski definition) is 0. The van der Waals surface area contributed by atoms with Gasteiger partial charge in [-0.05, 0) is 36.5 Å². The molecule has 0 saturated carbocycles. The maximum absolute atomic E-state index is 13.0. The molecule has 0 fully saturated rings. The summed E-state index contributed by atoms with van der Waals surface area (Å²) in [5, 5.41) is 0. The van der Waals surface area contributed by atoms with Gasteiger partial charge in [-0.2, -0.15) is 0 Å². The van der Waals surface area contributed by atoms with Crippen molar-refractivity contribution < 1.29 is 4.79 Å². The highest BCUT2D eigenvalue weighted by molar-refractivity contribution is 6.03. The van der Waals surface area contributed by atoms with Gasteiger partial charge in [0.15, 0.2) is 5.78 Å². The molecule has 0 aliphatic heterocycles. The number of rotatable bonds is 2. The second kappa shape index (κ2) is 5.33. The van der Waals surface area contributed by atoms with Crippen LogP contribution >= 0.6 is 0 Å². The Morgan fingerprint density at radius 3 is 2.24 bits per heavy atom. The van der Waals surface area contributed by atoms with Crippen molar-refractivity contribution in [1.82, 2.24) is 0 Å². The Labute approximate surface area is 126 Å². The maximum atomic E-state index is 13.0. The molecule has 106 valence electrons. The van der Waals surface area contributed by atoms with Crippen LogP contribution in [0.2, 0.25) is 0 Å². The van der Waals surface area contributed by atoms with Crippen molar-refractivity contribution in [1.29, 1.82) is 0 Å². The first-order valence-corrected chi connectivity index (χ1v) is 7.47. The van der Waals surface area contributed by atoms with Gasteiger partial charge in [0.25, 0.3) is 0 Å². The monoisotopic (exact) mass is 276 g/mol. The van der Waals surface area contributed by atoms with E-state index in [2.05, 4.69) is 39.0 Å². The van der Waals surface area contributed by atoms with E-state index in [-0.39, 0.29) is 17.6 Å². The Bertz CT molecular complexity index is 710. The highest BCUT2D eigenvalue weighted by atomic mass is 16.1. The molecule has 1 heteroatoms. The average Bonchev–Trinajstić information content (AvgIpc) is 2.53. The van der Waals surface area contributed by atoms with E-state index in [0.717, 1.165) is 5.56 Å². The van der Waals surface area contributed by atoms with Crippen LogP contribution in [0.5, 0.6) is 0 Å². The Kier molecular flexibility index (Phi) is 3.50. The van der Waals surface area contributed by atoms with Crippen LogP contribution in [0.3, 0.4) is 0 Å². The lowest BCUT2D eigenvalue weighted by Gasteiger charge is -2.32. The van der Waals surface area contributed by atoms with Crippen molar-refractivity contribution in [3.63, 3.8) is 0 Å². The van der Waals surface area contributed by atoms with E-state index in [9.17, 15) is 4.79 Å². The third-order valence-corrected chi connectivity index (χ3v) is 4.82. The third kappa shape index (κ3) is 2.23.